The molecule has 1 aliphatic heterocycles. The Bertz CT molecular complexity index is 908. The zero-order chi connectivity index (χ0) is 18.1. The van der Waals surface area contributed by atoms with Crippen molar-refractivity contribution in [2.75, 3.05) is 18.4 Å². The van der Waals surface area contributed by atoms with E-state index < -0.39 is 5.60 Å². The summed E-state index contributed by atoms with van der Waals surface area (Å²) in [5.41, 5.74) is 2.01. The van der Waals surface area contributed by atoms with Gasteiger partial charge in [0.2, 0.25) is 0 Å². The lowest BCUT2D eigenvalue weighted by atomic mass is 10.1. The smallest absolute Gasteiger partial charge is 0.155 e. The van der Waals surface area contributed by atoms with Crippen LogP contribution >= 0.6 is 0 Å². The van der Waals surface area contributed by atoms with Gasteiger partial charge in [-0.3, -0.25) is 9.38 Å². The van der Waals surface area contributed by atoms with E-state index in [-0.39, 0.29) is 0 Å². The minimum Gasteiger partial charge on any atom is -0.384 e. The Hall–Kier alpha value is -2.51. The van der Waals surface area contributed by atoms with Crippen LogP contribution in [0.25, 0.3) is 17.0 Å². The molecule has 0 amide bonds. The van der Waals surface area contributed by atoms with E-state index in [0.717, 1.165) is 42.4 Å². The number of anilines is 1. The zero-order valence-corrected chi connectivity index (χ0v) is 15.1. The Morgan fingerprint density at radius 2 is 2.15 bits per heavy atom. The normalized spacial score (nSPS) is 18.2. The fraction of sp³-hybridized carbons (Fsp3) is 0.421. The van der Waals surface area contributed by atoms with Crippen molar-refractivity contribution < 1.29 is 5.11 Å². The summed E-state index contributed by atoms with van der Waals surface area (Å²) in [4.78, 5) is 13.5. The average molecular weight is 352 g/mol. The molecule has 4 rings (SSSR count). The van der Waals surface area contributed by atoms with Crippen LogP contribution in [0.2, 0.25) is 0 Å². The molecule has 7 heteroatoms. The van der Waals surface area contributed by atoms with Crippen LogP contribution in [0.15, 0.2) is 36.8 Å². The second-order valence-electron chi connectivity index (χ2n) is 7.30. The molecular weight excluding hydrogens is 328 g/mol. The van der Waals surface area contributed by atoms with E-state index in [1.165, 1.54) is 6.42 Å². The summed E-state index contributed by atoms with van der Waals surface area (Å²) in [5, 5.41) is 17.2. The van der Waals surface area contributed by atoms with Crippen molar-refractivity contribution in [3.05, 3.63) is 42.5 Å². The van der Waals surface area contributed by atoms with Crippen LogP contribution in [0.3, 0.4) is 0 Å². The van der Waals surface area contributed by atoms with E-state index in [9.17, 15) is 5.11 Å². The van der Waals surface area contributed by atoms with Gasteiger partial charge < -0.3 is 15.7 Å². The molecule has 1 atom stereocenters. The van der Waals surface area contributed by atoms with Crippen molar-refractivity contribution in [3.8, 4) is 11.4 Å². The molecule has 0 aromatic carbocycles. The summed E-state index contributed by atoms with van der Waals surface area (Å²) in [6.07, 6.45) is 7.61. The SMILES string of the molecule is CC(C)(O)c1cn2c(-c3cccc(N[C@@H]4CCCNC4)n3)cnc2cn1. The van der Waals surface area contributed by atoms with Crippen LogP contribution in [0.5, 0.6) is 0 Å². The second-order valence-corrected chi connectivity index (χ2v) is 7.30. The molecule has 0 radical (unpaired) electrons. The molecule has 0 unspecified atom stereocenters. The highest BCUT2D eigenvalue weighted by Gasteiger charge is 2.20. The Morgan fingerprint density at radius 1 is 1.27 bits per heavy atom. The molecule has 4 heterocycles. The predicted octanol–water partition coefficient (Wildman–Crippen LogP) is 2.18. The van der Waals surface area contributed by atoms with E-state index in [2.05, 4.69) is 20.6 Å². The maximum atomic E-state index is 10.2. The monoisotopic (exact) mass is 352 g/mol. The number of nitrogens with one attached hydrogen (secondary N) is 2. The Balaban J connectivity index is 1.67. The summed E-state index contributed by atoms with van der Waals surface area (Å²) >= 11 is 0. The maximum absolute atomic E-state index is 10.2. The predicted molar refractivity (Wildman–Crippen MR) is 101 cm³/mol. The average Bonchev–Trinajstić information content (AvgIpc) is 3.05. The van der Waals surface area contributed by atoms with Gasteiger partial charge in [-0.1, -0.05) is 6.07 Å². The maximum Gasteiger partial charge on any atom is 0.155 e. The molecular formula is C19H24N6O. The number of fused-ring (bicyclic) bond motifs is 1. The Morgan fingerprint density at radius 3 is 2.92 bits per heavy atom. The highest BCUT2D eigenvalue weighted by molar-refractivity contribution is 5.61. The van der Waals surface area contributed by atoms with E-state index in [0.29, 0.717) is 11.7 Å². The molecule has 3 aromatic rings. The summed E-state index contributed by atoms with van der Waals surface area (Å²) < 4.78 is 1.93. The van der Waals surface area contributed by atoms with Crippen LogP contribution in [-0.2, 0) is 5.60 Å². The fourth-order valence-electron chi connectivity index (χ4n) is 3.24. The standard InChI is InChI=1S/C19H24N6O/c1-19(2,26)16-12-25-15(10-22-18(25)11-21-16)14-6-3-7-17(24-14)23-13-5-4-8-20-9-13/h3,6-7,10-13,20,26H,4-5,8-9H2,1-2H3,(H,23,24)/t13-/m1/s1. The van der Waals surface area contributed by atoms with E-state index in [1.54, 1.807) is 26.2 Å². The first-order valence-electron chi connectivity index (χ1n) is 9.01. The Labute approximate surface area is 152 Å². The first-order valence-corrected chi connectivity index (χ1v) is 9.01. The van der Waals surface area contributed by atoms with E-state index in [1.807, 2.05) is 28.8 Å². The fourth-order valence-corrected chi connectivity index (χ4v) is 3.24. The van der Waals surface area contributed by atoms with Crippen molar-refractivity contribution in [1.82, 2.24) is 24.7 Å². The highest BCUT2D eigenvalue weighted by atomic mass is 16.3. The molecule has 3 aromatic heterocycles. The lowest BCUT2D eigenvalue weighted by molar-refractivity contribution is 0.0734. The third kappa shape index (κ3) is 3.40. The summed E-state index contributed by atoms with van der Waals surface area (Å²) in [5.74, 6) is 0.864. The van der Waals surface area contributed by atoms with Gasteiger partial charge in [0.15, 0.2) is 5.65 Å². The zero-order valence-electron chi connectivity index (χ0n) is 15.1. The molecule has 0 aliphatic carbocycles. The number of aromatic nitrogens is 4. The molecule has 0 spiro atoms. The summed E-state index contributed by atoms with van der Waals surface area (Å²) in [7, 11) is 0. The largest absolute Gasteiger partial charge is 0.384 e. The highest BCUT2D eigenvalue weighted by Crippen LogP contribution is 2.23. The quantitative estimate of drug-likeness (QED) is 0.667. The second kappa shape index (κ2) is 6.66. The van der Waals surface area contributed by atoms with Gasteiger partial charge in [-0.25, -0.2) is 9.97 Å². The van der Waals surface area contributed by atoms with Crippen molar-refractivity contribution >= 4 is 11.5 Å². The third-order valence-corrected chi connectivity index (χ3v) is 4.68. The van der Waals surface area contributed by atoms with Crippen molar-refractivity contribution in [2.24, 2.45) is 0 Å². The molecule has 1 fully saturated rings. The molecule has 3 N–H and O–H groups in total. The number of nitrogens with zero attached hydrogens (tertiary/aromatic N) is 4. The molecule has 26 heavy (non-hydrogen) atoms. The van der Waals surface area contributed by atoms with Gasteiger partial charge in [0.1, 0.15) is 11.4 Å². The van der Waals surface area contributed by atoms with E-state index >= 15 is 0 Å². The molecule has 1 aliphatic rings. The molecule has 0 bridgehead atoms. The first kappa shape index (κ1) is 16.9. The van der Waals surface area contributed by atoms with Gasteiger partial charge >= 0.3 is 0 Å². The topological polar surface area (TPSA) is 87.4 Å². The number of imidazole rings is 1. The number of piperidine rings is 1. The van der Waals surface area contributed by atoms with Crippen molar-refractivity contribution in [1.29, 1.82) is 0 Å². The van der Waals surface area contributed by atoms with Gasteiger partial charge in [0.05, 0.1) is 29.5 Å². The van der Waals surface area contributed by atoms with Crippen LogP contribution in [-0.4, -0.2) is 43.6 Å². The van der Waals surface area contributed by atoms with Gasteiger partial charge in [0, 0.05) is 18.8 Å². The van der Waals surface area contributed by atoms with Gasteiger partial charge in [-0.2, -0.15) is 0 Å². The summed E-state index contributed by atoms with van der Waals surface area (Å²) in [6.45, 7) is 5.49. The van der Waals surface area contributed by atoms with Gasteiger partial charge in [0.25, 0.3) is 0 Å². The van der Waals surface area contributed by atoms with Gasteiger partial charge in [-0.15, -0.1) is 0 Å². The minimum atomic E-state index is -1.01. The van der Waals surface area contributed by atoms with Crippen molar-refractivity contribution in [2.45, 2.75) is 38.3 Å². The third-order valence-electron chi connectivity index (χ3n) is 4.68. The first-order chi connectivity index (χ1) is 12.5. The molecule has 136 valence electrons. The van der Waals surface area contributed by atoms with E-state index in [4.69, 9.17) is 4.98 Å². The van der Waals surface area contributed by atoms with Crippen molar-refractivity contribution in [3.63, 3.8) is 0 Å². The number of pyridine rings is 1. The Kier molecular flexibility index (Phi) is 4.34. The molecule has 1 saturated heterocycles. The lowest BCUT2D eigenvalue weighted by Crippen LogP contribution is -2.38. The minimum absolute atomic E-state index is 0.402. The van der Waals surface area contributed by atoms with Crippen LogP contribution in [0.1, 0.15) is 32.4 Å². The summed E-state index contributed by atoms with van der Waals surface area (Å²) in [6, 6.07) is 6.36. The lowest BCUT2D eigenvalue weighted by Gasteiger charge is -2.24. The number of hydrogen-bond acceptors (Lipinski definition) is 6. The van der Waals surface area contributed by atoms with Gasteiger partial charge in [-0.05, 0) is 45.4 Å². The van der Waals surface area contributed by atoms with Crippen LogP contribution in [0.4, 0.5) is 5.82 Å². The van der Waals surface area contributed by atoms with Crippen LogP contribution in [0, 0.1) is 0 Å². The number of rotatable bonds is 4. The van der Waals surface area contributed by atoms with Crippen LogP contribution < -0.4 is 10.6 Å². The number of aliphatic hydroxyl groups is 1. The molecule has 7 nitrogen and oxygen atoms in total. The number of hydrogen-bond donors (Lipinski definition) is 3. The molecule has 0 saturated carbocycles.